The largest absolute Gasteiger partial charge is 0.481 e. The molecule has 0 amide bonds. The molecule has 0 bridgehead atoms. The average molecular weight is 291 g/mol. The number of aryl methyl sites for hydroxylation is 2. The van der Waals surface area contributed by atoms with Crippen molar-refractivity contribution in [3.8, 4) is 0 Å². The van der Waals surface area contributed by atoms with Crippen LogP contribution in [-0.4, -0.2) is 11.1 Å². The van der Waals surface area contributed by atoms with Crippen LogP contribution in [0.15, 0.2) is 10.5 Å². The SMILES string of the molecule is Cc1cc(Br)c(CCCCCC(=O)O)s1. The Bertz CT molecular complexity index is 333. The van der Waals surface area contributed by atoms with E-state index in [2.05, 4.69) is 28.9 Å². The molecule has 84 valence electrons. The second kappa shape index (κ2) is 6.28. The van der Waals surface area contributed by atoms with Gasteiger partial charge in [0.15, 0.2) is 0 Å². The van der Waals surface area contributed by atoms with Crippen molar-refractivity contribution in [3.63, 3.8) is 0 Å². The van der Waals surface area contributed by atoms with Crippen molar-refractivity contribution < 1.29 is 9.90 Å². The topological polar surface area (TPSA) is 37.3 Å². The second-order valence-corrected chi connectivity index (χ2v) is 5.78. The number of aliphatic carboxylic acids is 1. The molecule has 1 aromatic heterocycles. The van der Waals surface area contributed by atoms with Crippen molar-refractivity contribution in [2.75, 3.05) is 0 Å². The first-order chi connectivity index (χ1) is 7.09. The summed E-state index contributed by atoms with van der Waals surface area (Å²) in [5.41, 5.74) is 0. The maximum Gasteiger partial charge on any atom is 0.303 e. The number of hydrogen-bond donors (Lipinski definition) is 1. The Balaban J connectivity index is 2.20. The average Bonchev–Trinajstić information content (AvgIpc) is 2.44. The fraction of sp³-hybridized carbons (Fsp3) is 0.545. The van der Waals surface area contributed by atoms with Crippen LogP contribution in [0.25, 0.3) is 0 Å². The molecular formula is C11H15BrO2S. The molecule has 0 fully saturated rings. The van der Waals surface area contributed by atoms with E-state index in [9.17, 15) is 4.79 Å². The molecule has 1 N–H and O–H groups in total. The first-order valence-electron chi connectivity index (χ1n) is 5.06. The molecule has 0 radical (unpaired) electrons. The van der Waals surface area contributed by atoms with Crippen molar-refractivity contribution in [1.82, 2.24) is 0 Å². The number of hydrogen-bond acceptors (Lipinski definition) is 2. The van der Waals surface area contributed by atoms with Gasteiger partial charge in [0.2, 0.25) is 0 Å². The quantitative estimate of drug-likeness (QED) is 0.804. The molecule has 0 saturated heterocycles. The van der Waals surface area contributed by atoms with E-state index in [0.717, 1.165) is 25.7 Å². The highest BCUT2D eigenvalue weighted by molar-refractivity contribution is 9.10. The Hall–Kier alpha value is -0.350. The van der Waals surface area contributed by atoms with Crippen molar-refractivity contribution in [1.29, 1.82) is 0 Å². The van der Waals surface area contributed by atoms with Gasteiger partial charge in [-0.2, -0.15) is 0 Å². The lowest BCUT2D eigenvalue weighted by Crippen LogP contribution is -1.93. The van der Waals surface area contributed by atoms with E-state index in [4.69, 9.17) is 5.11 Å². The summed E-state index contributed by atoms with van der Waals surface area (Å²) in [4.78, 5) is 13.0. The van der Waals surface area contributed by atoms with Crippen molar-refractivity contribution >= 4 is 33.2 Å². The number of carbonyl (C=O) groups is 1. The number of unbranched alkanes of at least 4 members (excludes halogenated alkanes) is 2. The molecule has 4 heteroatoms. The lowest BCUT2D eigenvalue weighted by molar-refractivity contribution is -0.137. The summed E-state index contributed by atoms with van der Waals surface area (Å²) in [6, 6.07) is 2.14. The molecule has 0 aliphatic carbocycles. The van der Waals surface area contributed by atoms with E-state index in [1.807, 2.05) is 11.3 Å². The van der Waals surface area contributed by atoms with Crippen molar-refractivity contribution in [3.05, 3.63) is 20.3 Å². The highest BCUT2D eigenvalue weighted by atomic mass is 79.9. The number of thiophene rings is 1. The zero-order valence-corrected chi connectivity index (χ0v) is 11.2. The summed E-state index contributed by atoms with van der Waals surface area (Å²) >= 11 is 5.34. The van der Waals surface area contributed by atoms with Crippen LogP contribution < -0.4 is 0 Å². The van der Waals surface area contributed by atoms with Crippen LogP contribution in [0.2, 0.25) is 0 Å². The highest BCUT2D eigenvalue weighted by Crippen LogP contribution is 2.28. The van der Waals surface area contributed by atoms with Gasteiger partial charge in [0.05, 0.1) is 0 Å². The number of rotatable bonds is 6. The van der Waals surface area contributed by atoms with Gasteiger partial charge in [-0.15, -0.1) is 11.3 Å². The molecule has 2 nitrogen and oxygen atoms in total. The number of halogens is 1. The van der Waals surface area contributed by atoms with Crippen LogP contribution in [0, 0.1) is 6.92 Å². The molecule has 1 rings (SSSR count). The lowest BCUT2D eigenvalue weighted by Gasteiger charge is -1.98. The van der Waals surface area contributed by atoms with Gasteiger partial charge in [0, 0.05) is 20.6 Å². The second-order valence-electron chi connectivity index (χ2n) is 3.58. The maximum absolute atomic E-state index is 10.3. The molecule has 15 heavy (non-hydrogen) atoms. The molecule has 0 unspecified atom stereocenters. The van der Waals surface area contributed by atoms with Gasteiger partial charge < -0.3 is 5.11 Å². The Morgan fingerprint density at radius 2 is 2.20 bits per heavy atom. The summed E-state index contributed by atoms with van der Waals surface area (Å²) < 4.78 is 1.20. The van der Waals surface area contributed by atoms with E-state index in [1.54, 1.807) is 0 Å². The Labute approximate surface area is 102 Å². The minimum absolute atomic E-state index is 0.296. The molecule has 0 aliphatic heterocycles. The van der Waals surface area contributed by atoms with Crippen LogP contribution in [-0.2, 0) is 11.2 Å². The summed E-state index contributed by atoms with van der Waals surface area (Å²) in [6.45, 7) is 2.10. The van der Waals surface area contributed by atoms with Crippen molar-refractivity contribution in [2.24, 2.45) is 0 Å². The molecule has 0 saturated carbocycles. The Morgan fingerprint density at radius 3 is 2.73 bits per heavy atom. The maximum atomic E-state index is 10.3. The van der Waals surface area contributed by atoms with Crippen LogP contribution in [0.4, 0.5) is 0 Å². The molecule has 0 aromatic carbocycles. The van der Waals surface area contributed by atoms with Gasteiger partial charge in [-0.1, -0.05) is 6.42 Å². The number of carboxylic acid groups (broad SMARTS) is 1. The van der Waals surface area contributed by atoms with Gasteiger partial charge in [-0.05, 0) is 48.2 Å². The molecule has 1 aromatic rings. The lowest BCUT2D eigenvalue weighted by atomic mass is 10.1. The first-order valence-corrected chi connectivity index (χ1v) is 6.67. The standard InChI is InChI=1S/C11H15BrO2S/c1-8-7-9(12)10(15-8)5-3-2-4-6-11(13)14/h7H,2-6H2,1H3,(H,13,14). The third-order valence-corrected chi connectivity index (χ3v) is 4.26. The van der Waals surface area contributed by atoms with Gasteiger partial charge in [0.25, 0.3) is 0 Å². The normalized spacial score (nSPS) is 10.5. The van der Waals surface area contributed by atoms with E-state index < -0.39 is 5.97 Å². The zero-order chi connectivity index (χ0) is 11.3. The fourth-order valence-electron chi connectivity index (χ4n) is 1.44. The Kier molecular flexibility index (Phi) is 5.32. The van der Waals surface area contributed by atoms with Gasteiger partial charge in [-0.3, -0.25) is 4.79 Å². The van der Waals surface area contributed by atoms with Crippen LogP contribution >= 0.6 is 27.3 Å². The fourth-order valence-corrected chi connectivity index (χ4v) is 3.34. The highest BCUT2D eigenvalue weighted by Gasteiger charge is 2.04. The minimum atomic E-state index is -0.692. The third kappa shape index (κ3) is 4.80. The Morgan fingerprint density at radius 1 is 1.47 bits per heavy atom. The zero-order valence-electron chi connectivity index (χ0n) is 8.75. The summed E-state index contributed by atoms with van der Waals surface area (Å²) in [5.74, 6) is -0.692. The van der Waals surface area contributed by atoms with Gasteiger partial charge in [-0.25, -0.2) is 0 Å². The molecule has 0 atom stereocenters. The summed E-state index contributed by atoms with van der Waals surface area (Å²) in [5, 5.41) is 8.47. The minimum Gasteiger partial charge on any atom is -0.481 e. The van der Waals surface area contributed by atoms with E-state index >= 15 is 0 Å². The first kappa shape index (κ1) is 12.7. The van der Waals surface area contributed by atoms with Gasteiger partial charge in [0.1, 0.15) is 0 Å². The third-order valence-electron chi connectivity index (χ3n) is 2.18. The number of carboxylic acids is 1. The van der Waals surface area contributed by atoms with Crippen LogP contribution in [0.3, 0.4) is 0 Å². The predicted octanol–water partition coefficient (Wildman–Crippen LogP) is 4.01. The van der Waals surface area contributed by atoms with Crippen LogP contribution in [0.5, 0.6) is 0 Å². The van der Waals surface area contributed by atoms with E-state index in [1.165, 1.54) is 14.2 Å². The van der Waals surface area contributed by atoms with Crippen molar-refractivity contribution in [2.45, 2.75) is 39.0 Å². The van der Waals surface area contributed by atoms with Crippen LogP contribution in [0.1, 0.15) is 35.4 Å². The molecule has 0 aliphatic rings. The summed E-state index contributed by atoms with van der Waals surface area (Å²) in [7, 11) is 0. The summed E-state index contributed by atoms with van der Waals surface area (Å²) in [6.07, 6.45) is 4.21. The van der Waals surface area contributed by atoms with E-state index in [-0.39, 0.29) is 0 Å². The molecule has 1 heterocycles. The molecule has 0 spiro atoms. The van der Waals surface area contributed by atoms with Gasteiger partial charge >= 0.3 is 5.97 Å². The monoisotopic (exact) mass is 290 g/mol. The molecular weight excluding hydrogens is 276 g/mol. The smallest absolute Gasteiger partial charge is 0.303 e. The van der Waals surface area contributed by atoms with E-state index in [0.29, 0.717) is 6.42 Å². The predicted molar refractivity (Wildman–Crippen MR) is 66.6 cm³/mol.